The summed E-state index contributed by atoms with van der Waals surface area (Å²) in [5.41, 5.74) is 8.25. The standard InChI is InChI=1S/C15H27ClN4/c1-4-13-15(16)14(20(5-2)18-13)10-19-8-6-7-12(9-19)11(3)17/h11-12H,4-10,17H2,1-3H3. The molecule has 0 saturated carbocycles. The summed E-state index contributed by atoms with van der Waals surface area (Å²) >= 11 is 6.49. The molecular formula is C15H27ClN4. The van der Waals surface area contributed by atoms with Crippen LogP contribution in [0.3, 0.4) is 0 Å². The van der Waals surface area contributed by atoms with Crippen molar-refractivity contribution in [1.82, 2.24) is 14.7 Å². The summed E-state index contributed by atoms with van der Waals surface area (Å²) in [6.07, 6.45) is 3.36. The molecule has 1 aliphatic heterocycles. The van der Waals surface area contributed by atoms with E-state index < -0.39 is 0 Å². The Hall–Kier alpha value is -0.580. The van der Waals surface area contributed by atoms with Crippen LogP contribution in [0.2, 0.25) is 5.02 Å². The van der Waals surface area contributed by atoms with Crippen LogP contribution in [0.25, 0.3) is 0 Å². The first kappa shape index (κ1) is 15.8. The van der Waals surface area contributed by atoms with Crippen molar-refractivity contribution in [3.63, 3.8) is 0 Å². The van der Waals surface area contributed by atoms with Crippen molar-refractivity contribution < 1.29 is 0 Å². The lowest BCUT2D eigenvalue weighted by atomic mass is 9.92. The summed E-state index contributed by atoms with van der Waals surface area (Å²) < 4.78 is 2.05. The first-order chi connectivity index (χ1) is 9.56. The molecule has 0 spiro atoms. The fourth-order valence-corrected chi connectivity index (χ4v) is 3.37. The Bertz CT molecular complexity index is 441. The van der Waals surface area contributed by atoms with Gasteiger partial charge < -0.3 is 5.73 Å². The molecule has 2 rings (SSSR count). The lowest BCUT2D eigenvalue weighted by molar-refractivity contribution is 0.151. The lowest BCUT2D eigenvalue weighted by Gasteiger charge is -2.34. The molecule has 2 unspecified atom stereocenters. The van der Waals surface area contributed by atoms with Gasteiger partial charge in [0.15, 0.2) is 0 Å². The predicted molar refractivity (Wildman–Crippen MR) is 83.9 cm³/mol. The molecule has 0 amide bonds. The number of aromatic nitrogens is 2. The number of hydrogen-bond acceptors (Lipinski definition) is 3. The second-order valence-corrected chi connectivity index (χ2v) is 6.25. The van der Waals surface area contributed by atoms with E-state index in [1.807, 2.05) is 0 Å². The van der Waals surface area contributed by atoms with Crippen molar-refractivity contribution in [2.45, 2.75) is 59.2 Å². The third kappa shape index (κ3) is 3.35. The van der Waals surface area contributed by atoms with E-state index in [4.69, 9.17) is 17.3 Å². The van der Waals surface area contributed by atoms with Gasteiger partial charge in [0.05, 0.1) is 16.4 Å². The van der Waals surface area contributed by atoms with Crippen LogP contribution < -0.4 is 5.73 Å². The SMILES string of the molecule is CCc1nn(CC)c(CN2CCCC(C(C)N)C2)c1Cl. The molecule has 1 saturated heterocycles. The van der Waals surface area contributed by atoms with Crippen LogP contribution in [0, 0.1) is 5.92 Å². The Morgan fingerprint density at radius 3 is 2.80 bits per heavy atom. The lowest BCUT2D eigenvalue weighted by Crippen LogP contribution is -2.42. The third-order valence-electron chi connectivity index (χ3n) is 4.35. The van der Waals surface area contributed by atoms with Gasteiger partial charge in [-0.3, -0.25) is 9.58 Å². The maximum Gasteiger partial charge on any atom is 0.0863 e. The molecule has 20 heavy (non-hydrogen) atoms. The molecule has 1 aromatic heterocycles. The molecule has 1 aromatic rings. The molecule has 114 valence electrons. The van der Waals surface area contributed by atoms with Gasteiger partial charge in [-0.15, -0.1) is 0 Å². The molecule has 2 heterocycles. The van der Waals surface area contributed by atoms with Crippen LogP contribution in [-0.2, 0) is 19.5 Å². The monoisotopic (exact) mass is 298 g/mol. The summed E-state index contributed by atoms with van der Waals surface area (Å²) in [6, 6.07) is 0.274. The zero-order chi connectivity index (χ0) is 14.7. The highest BCUT2D eigenvalue weighted by Crippen LogP contribution is 2.26. The number of nitrogens with zero attached hydrogens (tertiary/aromatic N) is 3. The molecule has 0 bridgehead atoms. The number of hydrogen-bond donors (Lipinski definition) is 1. The Labute approximate surface area is 127 Å². The van der Waals surface area contributed by atoms with Crippen molar-refractivity contribution in [1.29, 1.82) is 0 Å². The van der Waals surface area contributed by atoms with Gasteiger partial charge in [-0.05, 0) is 45.6 Å². The number of rotatable bonds is 5. The van der Waals surface area contributed by atoms with Gasteiger partial charge in [-0.2, -0.15) is 5.10 Å². The Morgan fingerprint density at radius 1 is 1.45 bits per heavy atom. The minimum absolute atomic E-state index is 0.274. The summed E-state index contributed by atoms with van der Waals surface area (Å²) in [7, 11) is 0. The maximum absolute atomic E-state index is 6.49. The van der Waals surface area contributed by atoms with Gasteiger partial charge in [0.2, 0.25) is 0 Å². The quantitative estimate of drug-likeness (QED) is 0.909. The van der Waals surface area contributed by atoms with E-state index in [0.29, 0.717) is 5.92 Å². The Kier molecular flexibility index (Phi) is 5.47. The Balaban J connectivity index is 2.11. The smallest absolute Gasteiger partial charge is 0.0863 e. The van der Waals surface area contributed by atoms with Crippen LogP contribution in [0.5, 0.6) is 0 Å². The second kappa shape index (κ2) is 6.92. The minimum atomic E-state index is 0.274. The first-order valence-corrected chi connectivity index (χ1v) is 8.16. The predicted octanol–water partition coefficient (Wildman–Crippen LogP) is 2.68. The van der Waals surface area contributed by atoms with E-state index in [-0.39, 0.29) is 6.04 Å². The average molecular weight is 299 g/mol. The Morgan fingerprint density at radius 2 is 2.20 bits per heavy atom. The largest absolute Gasteiger partial charge is 0.328 e. The van der Waals surface area contributed by atoms with Gasteiger partial charge in [0.25, 0.3) is 0 Å². The summed E-state index contributed by atoms with van der Waals surface area (Å²) in [5.74, 6) is 0.603. The number of piperidine rings is 1. The molecule has 0 aromatic carbocycles. The number of likely N-dealkylation sites (tertiary alicyclic amines) is 1. The van der Waals surface area contributed by atoms with Gasteiger partial charge in [0, 0.05) is 25.7 Å². The molecule has 1 fully saturated rings. The fourth-order valence-electron chi connectivity index (χ4n) is 3.04. The van der Waals surface area contributed by atoms with Crippen LogP contribution in [0.15, 0.2) is 0 Å². The van der Waals surface area contributed by atoms with E-state index in [1.54, 1.807) is 0 Å². The normalized spacial score (nSPS) is 22.1. The van der Waals surface area contributed by atoms with Gasteiger partial charge in [0.1, 0.15) is 0 Å². The van der Waals surface area contributed by atoms with Crippen molar-refractivity contribution >= 4 is 11.6 Å². The number of aryl methyl sites for hydroxylation is 2. The molecular weight excluding hydrogens is 272 g/mol. The van der Waals surface area contributed by atoms with Crippen LogP contribution in [-0.4, -0.2) is 33.8 Å². The highest BCUT2D eigenvalue weighted by Gasteiger charge is 2.25. The first-order valence-electron chi connectivity index (χ1n) is 7.78. The summed E-state index contributed by atoms with van der Waals surface area (Å²) in [5, 5.41) is 5.46. The zero-order valence-corrected chi connectivity index (χ0v) is 13.7. The van der Waals surface area contributed by atoms with Gasteiger partial charge in [-0.1, -0.05) is 18.5 Å². The van der Waals surface area contributed by atoms with E-state index in [2.05, 4.69) is 35.5 Å². The van der Waals surface area contributed by atoms with E-state index in [0.717, 1.165) is 49.0 Å². The molecule has 0 aliphatic carbocycles. The fraction of sp³-hybridized carbons (Fsp3) is 0.800. The molecule has 2 N–H and O–H groups in total. The topological polar surface area (TPSA) is 47.1 Å². The molecule has 2 atom stereocenters. The summed E-state index contributed by atoms with van der Waals surface area (Å²) in [6.45, 7) is 10.3. The number of nitrogens with two attached hydrogens (primary N) is 1. The summed E-state index contributed by atoms with van der Waals surface area (Å²) in [4.78, 5) is 2.48. The molecule has 4 nitrogen and oxygen atoms in total. The highest BCUT2D eigenvalue weighted by atomic mass is 35.5. The molecule has 5 heteroatoms. The van der Waals surface area contributed by atoms with Crippen molar-refractivity contribution in [2.24, 2.45) is 11.7 Å². The van der Waals surface area contributed by atoms with Gasteiger partial charge in [-0.25, -0.2) is 0 Å². The van der Waals surface area contributed by atoms with Crippen LogP contribution >= 0.6 is 11.6 Å². The maximum atomic E-state index is 6.49. The van der Waals surface area contributed by atoms with Crippen molar-refractivity contribution in [2.75, 3.05) is 13.1 Å². The molecule has 1 aliphatic rings. The second-order valence-electron chi connectivity index (χ2n) is 5.87. The third-order valence-corrected chi connectivity index (χ3v) is 4.79. The highest BCUT2D eigenvalue weighted by molar-refractivity contribution is 6.31. The van der Waals surface area contributed by atoms with Crippen molar-refractivity contribution in [3.05, 3.63) is 16.4 Å². The average Bonchev–Trinajstić information content (AvgIpc) is 2.75. The zero-order valence-electron chi connectivity index (χ0n) is 12.9. The van der Waals surface area contributed by atoms with Crippen LogP contribution in [0.1, 0.15) is 45.0 Å². The van der Waals surface area contributed by atoms with E-state index in [9.17, 15) is 0 Å². The van der Waals surface area contributed by atoms with Gasteiger partial charge >= 0.3 is 0 Å². The molecule has 0 radical (unpaired) electrons. The van der Waals surface area contributed by atoms with E-state index in [1.165, 1.54) is 12.8 Å². The van der Waals surface area contributed by atoms with E-state index >= 15 is 0 Å². The van der Waals surface area contributed by atoms with Crippen LogP contribution in [0.4, 0.5) is 0 Å². The van der Waals surface area contributed by atoms with Crippen molar-refractivity contribution in [3.8, 4) is 0 Å². The minimum Gasteiger partial charge on any atom is -0.328 e. The number of halogens is 1.